The molecule has 1 N–H and O–H groups in total. The highest BCUT2D eigenvalue weighted by atomic mass is 15.3. The number of nitrogens with one attached hydrogen (secondary N) is 1. The highest BCUT2D eigenvalue weighted by molar-refractivity contribution is 5.56. The van der Waals surface area contributed by atoms with E-state index in [9.17, 15) is 0 Å². The Morgan fingerprint density at radius 2 is 1.71 bits per heavy atom. The van der Waals surface area contributed by atoms with Gasteiger partial charge in [0, 0.05) is 50.5 Å². The largest absolute Gasteiger partial charge is 0.369 e. The summed E-state index contributed by atoms with van der Waals surface area (Å²) in [5.41, 5.74) is 4.47. The van der Waals surface area contributed by atoms with E-state index < -0.39 is 0 Å². The molecule has 3 heteroatoms. The first-order chi connectivity index (χ1) is 9.87. The van der Waals surface area contributed by atoms with Crippen LogP contribution < -0.4 is 10.2 Å². The van der Waals surface area contributed by atoms with E-state index in [-0.39, 0.29) is 5.54 Å². The Morgan fingerprint density at radius 1 is 1.05 bits per heavy atom. The van der Waals surface area contributed by atoms with Crippen LogP contribution >= 0.6 is 0 Å². The molecule has 0 aliphatic carbocycles. The number of aryl methyl sites for hydroxylation is 1. The third-order valence-corrected chi connectivity index (χ3v) is 4.37. The van der Waals surface area contributed by atoms with Crippen LogP contribution in [0.1, 0.15) is 31.9 Å². The Morgan fingerprint density at radius 3 is 2.33 bits per heavy atom. The van der Waals surface area contributed by atoms with E-state index in [4.69, 9.17) is 0 Å². The van der Waals surface area contributed by atoms with Crippen molar-refractivity contribution in [3.8, 4) is 0 Å². The van der Waals surface area contributed by atoms with Gasteiger partial charge in [-0.15, -0.1) is 0 Å². The summed E-state index contributed by atoms with van der Waals surface area (Å²) in [5, 5.41) is 3.57. The van der Waals surface area contributed by atoms with Gasteiger partial charge in [-0.2, -0.15) is 0 Å². The van der Waals surface area contributed by atoms with Crippen LogP contribution in [0.2, 0.25) is 0 Å². The molecule has 0 spiro atoms. The lowest BCUT2D eigenvalue weighted by Gasteiger charge is -2.37. The Balaban J connectivity index is 1.82. The molecule has 3 nitrogen and oxygen atoms in total. The molecule has 1 aliphatic rings. The summed E-state index contributed by atoms with van der Waals surface area (Å²) < 4.78 is 0. The Hall–Kier alpha value is -1.06. The minimum atomic E-state index is 0.223. The van der Waals surface area contributed by atoms with E-state index in [1.165, 1.54) is 29.9 Å². The van der Waals surface area contributed by atoms with Gasteiger partial charge < -0.3 is 10.2 Å². The minimum Gasteiger partial charge on any atom is -0.369 e. The fraction of sp³-hybridized carbons (Fsp3) is 0.667. The van der Waals surface area contributed by atoms with Crippen LogP contribution in [0, 0.1) is 13.8 Å². The first kappa shape index (κ1) is 16.3. The van der Waals surface area contributed by atoms with Crippen LogP contribution in [0.4, 0.5) is 5.69 Å². The van der Waals surface area contributed by atoms with Gasteiger partial charge in [0.1, 0.15) is 0 Å². The second-order valence-corrected chi connectivity index (χ2v) is 7.22. The molecule has 1 fully saturated rings. The van der Waals surface area contributed by atoms with Gasteiger partial charge in [-0.3, -0.25) is 4.90 Å². The molecule has 1 saturated heterocycles. The SMILES string of the molecule is Cc1cccc(N2CCN(CCNC(C)(C)C)CC2)c1C. The Kier molecular flexibility index (Phi) is 5.28. The monoisotopic (exact) mass is 289 g/mol. The molecule has 2 rings (SSSR count). The Bertz CT molecular complexity index is 454. The van der Waals surface area contributed by atoms with E-state index in [0.717, 1.165) is 26.2 Å². The second-order valence-electron chi connectivity index (χ2n) is 7.22. The number of nitrogens with zero attached hydrogens (tertiary/aromatic N) is 2. The summed E-state index contributed by atoms with van der Waals surface area (Å²) in [7, 11) is 0. The number of hydrogen-bond donors (Lipinski definition) is 1. The fourth-order valence-electron chi connectivity index (χ4n) is 2.88. The highest BCUT2D eigenvalue weighted by Gasteiger charge is 2.19. The van der Waals surface area contributed by atoms with Gasteiger partial charge in [0.05, 0.1) is 0 Å². The van der Waals surface area contributed by atoms with Crippen molar-refractivity contribution >= 4 is 5.69 Å². The molecular weight excluding hydrogens is 258 g/mol. The van der Waals surface area contributed by atoms with Crippen molar-refractivity contribution in [2.24, 2.45) is 0 Å². The molecule has 1 aromatic carbocycles. The topological polar surface area (TPSA) is 18.5 Å². The Labute approximate surface area is 130 Å². The number of benzene rings is 1. The van der Waals surface area contributed by atoms with Crippen molar-refractivity contribution in [2.45, 2.75) is 40.2 Å². The van der Waals surface area contributed by atoms with Crippen molar-refractivity contribution in [1.29, 1.82) is 0 Å². The normalized spacial score (nSPS) is 17.3. The highest BCUT2D eigenvalue weighted by Crippen LogP contribution is 2.23. The minimum absolute atomic E-state index is 0.223. The van der Waals surface area contributed by atoms with Crippen LogP contribution in [0.15, 0.2) is 18.2 Å². The van der Waals surface area contributed by atoms with E-state index in [0.29, 0.717) is 0 Å². The van der Waals surface area contributed by atoms with Crippen LogP contribution in [-0.2, 0) is 0 Å². The molecule has 0 atom stereocenters. The van der Waals surface area contributed by atoms with Gasteiger partial charge in [-0.1, -0.05) is 12.1 Å². The summed E-state index contributed by atoms with van der Waals surface area (Å²) in [5.74, 6) is 0. The van der Waals surface area contributed by atoms with Crippen molar-refractivity contribution < 1.29 is 0 Å². The lowest BCUT2D eigenvalue weighted by molar-refractivity contribution is 0.247. The van der Waals surface area contributed by atoms with Crippen LogP contribution in [0.25, 0.3) is 0 Å². The van der Waals surface area contributed by atoms with Crippen molar-refractivity contribution in [2.75, 3.05) is 44.2 Å². The average Bonchev–Trinajstić information content (AvgIpc) is 2.41. The molecular formula is C18H31N3. The quantitative estimate of drug-likeness (QED) is 0.919. The number of rotatable bonds is 4. The number of anilines is 1. The van der Waals surface area contributed by atoms with Crippen molar-refractivity contribution in [3.63, 3.8) is 0 Å². The first-order valence-corrected chi connectivity index (χ1v) is 8.15. The average molecular weight is 289 g/mol. The zero-order valence-corrected chi connectivity index (χ0v) is 14.4. The predicted molar refractivity (Wildman–Crippen MR) is 92.3 cm³/mol. The van der Waals surface area contributed by atoms with Crippen molar-refractivity contribution in [3.05, 3.63) is 29.3 Å². The first-order valence-electron chi connectivity index (χ1n) is 8.15. The van der Waals surface area contributed by atoms with E-state index >= 15 is 0 Å². The lowest BCUT2D eigenvalue weighted by atomic mass is 10.1. The second kappa shape index (κ2) is 6.80. The van der Waals surface area contributed by atoms with E-state index in [1.54, 1.807) is 0 Å². The smallest absolute Gasteiger partial charge is 0.0399 e. The van der Waals surface area contributed by atoms with Crippen LogP contribution in [0.5, 0.6) is 0 Å². The van der Waals surface area contributed by atoms with E-state index in [1.807, 2.05) is 0 Å². The summed E-state index contributed by atoms with van der Waals surface area (Å²) in [4.78, 5) is 5.11. The third kappa shape index (κ3) is 4.72. The molecule has 0 aromatic heterocycles. The van der Waals surface area contributed by atoms with E-state index in [2.05, 4.69) is 67.9 Å². The summed E-state index contributed by atoms with van der Waals surface area (Å²) in [6.07, 6.45) is 0. The molecule has 0 amide bonds. The van der Waals surface area contributed by atoms with Gasteiger partial charge >= 0.3 is 0 Å². The van der Waals surface area contributed by atoms with Crippen molar-refractivity contribution in [1.82, 2.24) is 10.2 Å². The molecule has 0 bridgehead atoms. The van der Waals surface area contributed by atoms with Gasteiger partial charge in [0.15, 0.2) is 0 Å². The van der Waals surface area contributed by atoms with Gasteiger partial charge in [0.2, 0.25) is 0 Å². The van der Waals surface area contributed by atoms with Gasteiger partial charge in [-0.25, -0.2) is 0 Å². The molecule has 1 aromatic rings. The molecule has 118 valence electrons. The summed E-state index contributed by atoms with van der Waals surface area (Å²) >= 11 is 0. The number of hydrogen-bond acceptors (Lipinski definition) is 3. The zero-order valence-electron chi connectivity index (χ0n) is 14.4. The maximum atomic E-state index is 3.57. The molecule has 0 unspecified atom stereocenters. The van der Waals surface area contributed by atoms with Gasteiger partial charge in [0.25, 0.3) is 0 Å². The molecule has 0 radical (unpaired) electrons. The maximum Gasteiger partial charge on any atom is 0.0399 e. The zero-order chi connectivity index (χ0) is 15.5. The van der Waals surface area contributed by atoms with Crippen LogP contribution in [-0.4, -0.2) is 49.7 Å². The molecule has 0 saturated carbocycles. The van der Waals surface area contributed by atoms with Crippen LogP contribution in [0.3, 0.4) is 0 Å². The third-order valence-electron chi connectivity index (χ3n) is 4.37. The standard InChI is InChI=1S/C18H31N3/c1-15-7-6-8-17(16(15)2)21-13-11-20(12-14-21)10-9-19-18(3,4)5/h6-8,19H,9-14H2,1-5H3. The molecule has 21 heavy (non-hydrogen) atoms. The summed E-state index contributed by atoms with van der Waals surface area (Å²) in [6, 6.07) is 6.64. The predicted octanol–water partition coefficient (Wildman–Crippen LogP) is 2.81. The maximum absolute atomic E-state index is 3.57. The molecule has 1 aliphatic heterocycles. The fourth-order valence-corrected chi connectivity index (χ4v) is 2.88. The molecule has 1 heterocycles. The lowest BCUT2D eigenvalue weighted by Crippen LogP contribution is -2.49. The van der Waals surface area contributed by atoms with Gasteiger partial charge in [-0.05, 0) is 51.8 Å². The number of piperazine rings is 1. The summed E-state index contributed by atoms with van der Waals surface area (Å²) in [6.45, 7) is 18.0.